The normalized spacial score (nSPS) is 12.4. The first-order chi connectivity index (χ1) is 7.43. The second-order valence-electron chi connectivity index (χ2n) is 3.67. The standard InChI is InChI=1S/C11H14ClNO3/c1-6-2-3-7(12)11(16)10(6)8(13)4-5-9(14)15/h2-3,8,16H,4-5,13H2,1H3,(H,14,15). The number of phenolic OH excluding ortho intramolecular Hbond substituents is 1. The number of aryl methyl sites for hydroxylation is 1. The minimum atomic E-state index is -0.908. The number of carboxylic acids is 1. The molecule has 88 valence electrons. The Morgan fingerprint density at radius 1 is 1.56 bits per heavy atom. The molecule has 0 radical (unpaired) electrons. The zero-order chi connectivity index (χ0) is 12.3. The van der Waals surface area contributed by atoms with Crippen molar-refractivity contribution in [2.24, 2.45) is 5.73 Å². The number of carbonyl (C=O) groups is 1. The second kappa shape index (κ2) is 5.18. The molecule has 0 bridgehead atoms. The number of benzene rings is 1. The second-order valence-corrected chi connectivity index (χ2v) is 4.07. The molecule has 0 amide bonds. The molecule has 0 aliphatic carbocycles. The summed E-state index contributed by atoms with van der Waals surface area (Å²) in [7, 11) is 0. The molecule has 4 nitrogen and oxygen atoms in total. The quantitative estimate of drug-likeness (QED) is 0.757. The Labute approximate surface area is 98.6 Å². The molecule has 0 saturated carbocycles. The summed E-state index contributed by atoms with van der Waals surface area (Å²) in [5.41, 5.74) is 7.16. The summed E-state index contributed by atoms with van der Waals surface area (Å²) < 4.78 is 0. The van der Waals surface area contributed by atoms with Crippen LogP contribution in [0, 0.1) is 6.92 Å². The lowest BCUT2D eigenvalue weighted by molar-refractivity contribution is -0.137. The zero-order valence-electron chi connectivity index (χ0n) is 8.90. The molecule has 0 fully saturated rings. The molecule has 0 saturated heterocycles. The molecular weight excluding hydrogens is 230 g/mol. The van der Waals surface area contributed by atoms with Gasteiger partial charge in [-0.3, -0.25) is 4.79 Å². The Kier molecular flexibility index (Phi) is 4.15. The average Bonchev–Trinajstić information content (AvgIpc) is 2.21. The topological polar surface area (TPSA) is 83.5 Å². The maximum atomic E-state index is 10.4. The highest BCUT2D eigenvalue weighted by Gasteiger charge is 2.17. The summed E-state index contributed by atoms with van der Waals surface area (Å²) in [5, 5.41) is 18.5. The summed E-state index contributed by atoms with van der Waals surface area (Å²) >= 11 is 5.77. The summed E-state index contributed by atoms with van der Waals surface area (Å²) in [4.78, 5) is 10.4. The molecule has 1 aromatic rings. The number of nitrogens with two attached hydrogens (primary N) is 1. The van der Waals surface area contributed by atoms with E-state index in [1.165, 1.54) is 0 Å². The van der Waals surface area contributed by atoms with Gasteiger partial charge in [0.25, 0.3) is 0 Å². The van der Waals surface area contributed by atoms with Crippen LogP contribution >= 0.6 is 11.6 Å². The van der Waals surface area contributed by atoms with Gasteiger partial charge in [-0.1, -0.05) is 17.7 Å². The predicted molar refractivity (Wildman–Crippen MR) is 61.7 cm³/mol. The smallest absolute Gasteiger partial charge is 0.303 e. The van der Waals surface area contributed by atoms with Crippen molar-refractivity contribution in [1.82, 2.24) is 0 Å². The maximum absolute atomic E-state index is 10.4. The molecule has 5 heteroatoms. The van der Waals surface area contributed by atoms with Crippen LogP contribution in [-0.4, -0.2) is 16.2 Å². The first kappa shape index (κ1) is 12.8. The van der Waals surface area contributed by atoms with Gasteiger partial charge in [0.1, 0.15) is 5.75 Å². The van der Waals surface area contributed by atoms with Crippen molar-refractivity contribution in [3.63, 3.8) is 0 Å². The molecule has 0 aliphatic heterocycles. The van der Waals surface area contributed by atoms with E-state index in [9.17, 15) is 9.90 Å². The molecule has 4 N–H and O–H groups in total. The average molecular weight is 244 g/mol. The molecule has 0 aliphatic rings. The lowest BCUT2D eigenvalue weighted by Crippen LogP contribution is -2.14. The molecule has 16 heavy (non-hydrogen) atoms. The lowest BCUT2D eigenvalue weighted by atomic mass is 9.97. The van der Waals surface area contributed by atoms with Gasteiger partial charge in [-0.25, -0.2) is 0 Å². The van der Waals surface area contributed by atoms with Crippen molar-refractivity contribution >= 4 is 17.6 Å². The summed E-state index contributed by atoms with van der Waals surface area (Å²) in [5.74, 6) is -0.964. The fraction of sp³-hybridized carbons (Fsp3) is 0.364. The highest BCUT2D eigenvalue weighted by Crippen LogP contribution is 2.34. The van der Waals surface area contributed by atoms with E-state index in [4.69, 9.17) is 22.4 Å². The summed E-state index contributed by atoms with van der Waals surface area (Å²) in [6.45, 7) is 1.80. The van der Waals surface area contributed by atoms with Crippen LogP contribution in [0.5, 0.6) is 5.75 Å². The van der Waals surface area contributed by atoms with Gasteiger partial charge in [-0.2, -0.15) is 0 Å². The minimum absolute atomic E-state index is 0.0352. The minimum Gasteiger partial charge on any atom is -0.506 e. The molecule has 0 heterocycles. The molecule has 1 rings (SSSR count). The highest BCUT2D eigenvalue weighted by atomic mass is 35.5. The van der Waals surface area contributed by atoms with Gasteiger partial charge in [-0.05, 0) is 25.0 Å². The number of rotatable bonds is 4. The van der Waals surface area contributed by atoms with Crippen LogP contribution in [0.2, 0.25) is 5.02 Å². The van der Waals surface area contributed by atoms with Gasteiger partial charge in [0, 0.05) is 18.0 Å². The van der Waals surface area contributed by atoms with Gasteiger partial charge in [0.15, 0.2) is 0 Å². The Morgan fingerprint density at radius 3 is 2.75 bits per heavy atom. The third-order valence-corrected chi connectivity index (χ3v) is 2.73. The van der Waals surface area contributed by atoms with Crippen LogP contribution in [0.3, 0.4) is 0 Å². The van der Waals surface area contributed by atoms with Crippen molar-refractivity contribution in [3.8, 4) is 5.75 Å². The molecular formula is C11H14ClNO3. The Balaban J connectivity index is 2.94. The number of hydrogen-bond donors (Lipinski definition) is 3. The zero-order valence-corrected chi connectivity index (χ0v) is 9.66. The first-order valence-corrected chi connectivity index (χ1v) is 5.26. The van der Waals surface area contributed by atoms with Gasteiger partial charge in [0.2, 0.25) is 0 Å². The largest absolute Gasteiger partial charge is 0.506 e. The predicted octanol–water partition coefficient (Wildman–Crippen LogP) is 2.22. The third kappa shape index (κ3) is 2.87. The van der Waals surface area contributed by atoms with Crippen molar-refractivity contribution in [2.45, 2.75) is 25.8 Å². The van der Waals surface area contributed by atoms with E-state index in [2.05, 4.69) is 0 Å². The van der Waals surface area contributed by atoms with E-state index >= 15 is 0 Å². The van der Waals surface area contributed by atoms with Gasteiger partial charge in [-0.15, -0.1) is 0 Å². The highest BCUT2D eigenvalue weighted by molar-refractivity contribution is 6.32. The Bertz CT molecular complexity index is 406. The van der Waals surface area contributed by atoms with Crippen LogP contribution in [0.25, 0.3) is 0 Å². The summed E-state index contributed by atoms with van der Waals surface area (Å²) in [6.07, 6.45) is 0.233. The van der Waals surface area contributed by atoms with Gasteiger partial charge >= 0.3 is 5.97 Å². The maximum Gasteiger partial charge on any atom is 0.303 e. The first-order valence-electron chi connectivity index (χ1n) is 4.88. The van der Waals surface area contributed by atoms with Crippen molar-refractivity contribution < 1.29 is 15.0 Å². The Morgan fingerprint density at radius 2 is 2.19 bits per heavy atom. The van der Waals surface area contributed by atoms with E-state index in [-0.39, 0.29) is 23.6 Å². The molecule has 1 aromatic carbocycles. The SMILES string of the molecule is Cc1ccc(Cl)c(O)c1C(N)CCC(=O)O. The molecule has 0 aromatic heterocycles. The lowest BCUT2D eigenvalue weighted by Gasteiger charge is -2.16. The van der Waals surface area contributed by atoms with Gasteiger partial charge < -0.3 is 15.9 Å². The van der Waals surface area contributed by atoms with E-state index in [0.717, 1.165) is 5.56 Å². The van der Waals surface area contributed by atoms with Crippen LogP contribution in [0.1, 0.15) is 30.0 Å². The number of hydrogen-bond acceptors (Lipinski definition) is 3. The van der Waals surface area contributed by atoms with Gasteiger partial charge in [0.05, 0.1) is 5.02 Å². The van der Waals surface area contributed by atoms with Crippen molar-refractivity contribution in [3.05, 3.63) is 28.3 Å². The molecule has 0 spiro atoms. The van der Waals surface area contributed by atoms with Crippen LogP contribution in [0.4, 0.5) is 0 Å². The van der Waals surface area contributed by atoms with E-state index < -0.39 is 12.0 Å². The van der Waals surface area contributed by atoms with Crippen molar-refractivity contribution in [1.29, 1.82) is 0 Å². The van der Waals surface area contributed by atoms with Crippen LogP contribution < -0.4 is 5.73 Å². The van der Waals surface area contributed by atoms with E-state index in [1.807, 2.05) is 0 Å². The van der Waals surface area contributed by atoms with Crippen molar-refractivity contribution in [2.75, 3.05) is 0 Å². The van der Waals surface area contributed by atoms with Crippen LogP contribution in [-0.2, 0) is 4.79 Å². The monoisotopic (exact) mass is 243 g/mol. The Hall–Kier alpha value is -1.26. The van der Waals surface area contributed by atoms with Crippen LogP contribution in [0.15, 0.2) is 12.1 Å². The van der Waals surface area contributed by atoms with E-state index in [1.54, 1.807) is 19.1 Å². The summed E-state index contributed by atoms with van der Waals surface area (Å²) in [6, 6.07) is 2.81. The number of aliphatic carboxylic acids is 1. The third-order valence-electron chi connectivity index (χ3n) is 2.43. The fourth-order valence-corrected chi connectivity index (χ4v) is 1.74. The van der Waals surface area contributed by atoms with E-state index in [0.29, 0.717) is 5.56 Å². The molecule has 1 unspecified atom stereocenters. The number of carboxylic acid groups (broad SMARTS) is 1. The number of halogens is 1. The fourth-order valence-electron chi connectivity index (χ4n) is 1.57. The number of aromatic hydroxyl groups is 1. The molecule has 1 atom stereocenters. The number of phenols is 1.